The fraction of sp³-hybridized carbons (Fsp3) is 0.533. The summed E-state index contributed by atoms with van der Waals surface area (Å²) in [6.07, 6.45) is 1.13. The lowest BCUT2D eigenvalue weighted by atomic mass is 9.93. The molecule has 1 aromatic carbocycles. The second-order valence-electron chi connectivity index (χ2n) is 6.28. The first-order valence-corrected chi connectivity index (χ1v) is 8.63. The van der Waals surface area contributed by atoms with Gasteiger partial charge in [0.25, 0.3) is 5.91 Å². The zero-order chi connectivity index (χ0) is 16.4. The van der Waals surface area contributed by atoms with Gasteiger partial charge in [0.05, 0.1) is 4.90 Å². The van der Waals surface area contributed by atoms with Crippen molar-refractivity contribution in [3.8, 4) is 0 Å². The van der Waals surface area contributed by atoms with Gasteiger partial charge in [0, 0.05) is 25.4 Å². The SMILES string of the molecule is Cc1ccc(S(C)(=O)=O)cc1C(=O)N(C)CC(C)(C)CN. The number of aryl methyl sites for hydroxylation is 1. The summed E-state index contributed by atoms with van der Waals surface area (Å²) in [5.41, 5.74) is 6.66. The van der Waals surface area contributed by atoms with Crippen molar-refractivity contribution in [2.24, 2.45) is 11.1 Å². The first kappa shape index (κ1) is 17.7. The molecule has 0 fully saturated rings. The molecule has 0 saturated carbocycles. The number of sulfone groups is 1. The van der Waals surface area contributed by atoms with Crippen LogP contribution in [0.15, 0.2) is 23.1 Å². The lowest BCUT2D eigenvalue weighted by Crippen LogP contribution is -2.40. The van der Waals surface area contributed by atoms with Gasteiger partial charge in [-0.3, -0.25) is 4.79 Å². The Labute approximate surface area is 127 Å². The van der Waals surface area contributed by atoms with Crippen molar-refractivity contribution in [1.29, 1.82) is 0 Å². The highest BCUT2D eigenvalue weighted by Gasteiger charge is 2.23. The molecule has 1 amide bonds. The largest absolute Gasteiger partial charge is 0.341 e. The van der Waals surface area contributed by atoms with Crippen molar-refractivity contribution < 1.29 is 13.2 Å². The van der Waals surface area contributed by atoms with Gasteiger partial charge in [-0.2, -0.15) is 0 Å². The Morgan fingerprint density at radius 2 is 1.90 bits per heavy atom. The van der Waals surface area contributed by atoms with Gasteiger partial charge in [-0.05, 0) is 36.6 Å². The van der Waals surface area contributed by atoms with E-state index >= 15 is 0 Å². The van der Waals surface area contributed by atoms with Crippen LogP contribution in [0.4, 0.5) is 0 Å². The monoisotopic (exact) mass is 312 g/mol. The standard InChI is InChI=1S/C15H24N2O3S/c1-11-6-7-12(21(5,19)20)8-13(11)14(18)17(4)10-15(2,3)9-16/h6-8H,9-10,16H2,1-5H3. The lowest BCUT2D eigenvalue weighted by molar-refractivity contribution is 0.0739. The van der Waals surface area contributed by atoms with E-state index in [0.29, 0.717) is 18.7 Å². The van der Waals surface area contributed by atoms with Gasteiger partial charge in [-0.1, -0.05) is 19.9 Å². The van der Waals surface area contributed by atoms with Crippen LogP contribution in [0.3, 0.4) is 0 Å². The van der Waals surface area contributed by atoms with E-state index in [1.165, 1.54) is 12.1 Å². The molecule has 0 radical (unpaired) electrons. The molecule has 1 rings (SSSR count). The maximum atomic E-state index is 12.5. The fourth-order valence-corrected chi connectivity index (χ4v) is 2.69. The van der Waals surface area contributed by atoms with Gasteiger partial charge in [0.15, 0.2) is 9.84 Å². The first-order valence-electron chi connectivity index (χ1n) is 6.74. The van der Waals surface area contributed by atoms with Gasteiger partial charge >= 0.3 is 0 Å². The van der Waals surface area contributed by atoms with Crippen LogP contribution >= 0.6 is 0 Å². The van der Waals surface area contributed by atoms with Crippen LogP contribution in [0.5, 0.6) is 0 Å². The molecule has 0 atom stereocenters. The van der Waals surface area contributed by atoms with E-state index in [0.717, 1.165) is 11.8 Å². The normalized spacial score (nSPS) is 12.3. The lowest BCUT2D eigenvalue weighted by Gasteiger charge is -2.29. The number of hydrogen-bond donors (Lipinski definition) is 1. The van der Waals surface area contributed by atoms with Gasteiger partial charge < -0.3 is 10.6 Å². The molecule has 6 heteroatoms. The third kappa shape index (κ3) is 4.54. The van der Waals surface area contributed by atoms with Crippen LogP contribution in [0.25, 0.3) is 0 Å². The van der Waals surface area contributed by atoms with E-state index < -0.39 is 9.84 Å². The van der Waals surface area contributed by atoms with Crippen LogP contribution in [0, 0.1) is 12.3 Å². The van der Waals surface area contributed by atoms with E-state index in [1.54, 1.807) is 24.9 Å². The molecule has 0 unspecified atom stereocenters. The van der Waals surface area contributed by atoms with Crippen LogP contribution < -0.4 is 5.73 Å². The molecule has 0 bridgehead atoms. The Hall–Kier alpha value is -1.40. The third-order valence-corrected chi connectivity index (χ3v) is 4.54. The zero-order valence-corrected chi connectivity index (χ0v) is 14.1. The average molecular weight is 312 g/mol. The van der Waals surface area contributed by atoms with Crippen LogP contribution in [-0.4, -0.2) is 45.6 Å². The summed E-state index contributed by atoms with van der Waals surface area (Å²) < 4.78 is 23.2. The number of carbonyl (C=O) groups is 1. The minimum atomic E-state index is -3.33. The summed E-state index contributed by atoms with van der Waals surface area (Å²) >= 11 is 0. The predicted octanol–water partition coefficient (Wildman–Crippen LogP) is 1.46. The molecule has 0 aliphatic carbocycles. The van der Waals surface area contributed by atoms with Crippen molar-refractivity contribution in [3.05, 3.63) is 29.3 Å². The summed E-state index contributed by atoms with van der Waals surface area (Å²) in [6, 6.07) is 4.62. The highest BCUT2D eigenvalue weighted by molar-refractivity contribution is 7.90. The Morgan fingerprint density at radius 3 is 2.38 bits per heavy atom. The quantitative estimate of drug-likeness (QED) is 0.892. The molecule has 5 nitrogen and oxygen atoms in total. The summed E-state index contributed by atoms with van der Waals surface area (Å²) in [5, 5.41) is 0. The second kappa shape index (κ2) is 6.15. The Balaban J connectivity index is 3.13. The maximum absolute atomic E-state index is 12.5. The zero-order valence-electron chi connectivity index (χ0n) is 13.3. The molecule has 118 valence electrons. The van der Waals surface area contributed by atoms with Gasteiger partial charge in [0.2, 0.25) is 0 Å². The van der Waals surface area contributed by atoms with Crippen LogP contribution in [-0.2, 0) is 9.84 Å². The minimum Gasteiger partial charge on any atom is -0.341 e. The second-order valence-corrected chi connectivity index (χ2v) is 8.29. The van der Waals surface area contributed by atoms with Crippen molar-refractivity contribution in [1.82, 2.24) is 4.90 Å². The third-order valence-electron chi connectivity index (χ3n) is 3.43. The minimum absolute atomic E-state index is 0.155. The molecule has 21 heavy (non-hydrogen) atoms. The van der Waals surface area contributed by atoms with Crippen molar-refractivity contribution in [3.63, 3.8) is 0 Å². The fourth-order valence-electron chi connectivity index (χ4n) is 2.05. The number of carbonyl (C=O) groups excluding carboxylic acids is 1. The van der Waals surface area contributed by atoms with Crippen LogP contribution in [0.2, 0.25) is 0 Å². The molecular formula is C15H24N2O3S. The molecule has 0 aromatic heterocycles. The molecule has 0 heterocycles. The van der Waals surface area contributed by atoms with E-state index in [-0.39, 0.29) is 16.2 Å². The molecular weight excluding hydrogens is 288 g/mol. The summed E-state index contributed by atoms with van der Waals surface area (Å²) in [4.78, 5) is 14.3. The molecule has 0 saturated heterocycles. The highest BCUT2D eigenvalue weighted by Crippen LogP contribution is 2.20. The van der Waals surface area contributed by atoms with Crippen molar-refractivity contribution in [2.45, 2.75) is 25.7 Å². The number of nitrogens with zero attached hydrogens (tertiary/aromatic N) is 1. The van der Waals surface area contributed by atoms with Crippen molar-refractivity contribution in [2.75, 3.05) is 26.4 Å². The average Bonchev–Trinajstić information content (AvgIpc) is 2.36. The van der Waals surface area contributed by atoms with E-state index in [2.05, 4.69) is 0 Å². The van der Waals surface area contributed by atoms with Gasteiger partial charge in [-0.25, -0.2) is 8.42 Å². The number of hydrogen-bond acceptors (Lipinski definition) is 4. The number of amides is 1. The number of rotatable bonds is 5. The number of benzene rings is 1. The number of nitrogens with two attached hydrogens (primary N) is 1. The summed E-state index contributed by atoms with van der Waals surface area (Å²) in [7, 11) is -1.63. The topological polar surface area (TPSA) is 80.5 Å². The van der Waals surface area contributed by atoms with Crippen LogP contribution in [0.1, 0.15) is 29.8 Å². The predicted molar refractivity (Wildman–Crippen MR) is 84.1 cm³/mol. The first-order chi connectivity index (χ1) is 9.48. The Morgan fingerprint density at radius 1 is 1.33 bits per heavy atom. The molecule has 0 spiro atoms. The van der Waals surface area contributed by atoms with E-state index in [1.807, 2.05) is 13.8 Å². The maximum Gasteiger partial charge on any atom is 0.253 e. The van der Waals surface area contributed by atoms with Gasteiger partial charge in [0.1, 0.15) is 0 Å². The van der Waals surface area contributed by atoms with E-state index in [9.17, 15) is 13.2 Å². The van der Waals surface area contributed by atoms with E-state index in [4.69, 9.17) is 5.73 Å². The summed E-state index contributed by atoms with van der Waals surface area (Å²) in [5.74, 6) is -0.195. The molecule has 1 aromatic rings. The Bertz CT molecular complexity index is 636. The molecule has 2 N–H and O–H groups in total. The van der Waals surface area contributed by atoms with Crippen molar-refractivity contribution >= 4 is 15.7 Å². The molecule has 0 aliphatic rings. The Kier molecular flexibility index (Phi) is 5.17. The smallest absolute Gasteiger partial charge is 0.253 e. The highest BCUT2D eigenvalue weighted by atomic mass is 32.2. The van der Waals surface area contributed by atoms with Gasteiger partial charge in [-0.15, -0.1) is 0 Å². The summed E-state index contributed by atoms with van der Waals surface area (Å²) in [6.45, 7) is 6.73. The molecule has 0 aliphatic heterocycles.